The lowest BCUT2D eigenvalue weighted by molar-refractivity contribution is 0.0603. The van der Waals surface area contributed by atoms with Crippen molar-refractivity contribution >= 4 is 45.3 Å². The molecule has 2 aromatic heterocycles. The SMILES string of the molecule is COC(=O)c1c(NC(=S)Nc2cnn(Cc3ccc(F)cc3)c2)sc(C)c1-c1ccccc1. The van der Waals surface area contributed by atoms with E-state index in [1.54, 1.807) is 29.2 Å². The highest BCUT2D eigenvalue weighted by Gasteiger charge is 2.24. The van der Waals surface area contributed by atoms with Gasteiger partial charge in [0, 0.05) is 16.6 Å². The minimum atomic E-state index is -0.435. The molecule has 168 valence electrons. The second-order valence-corrected chi connectivity index (χ2v) is 8.86. The molecule has 2 heterocycles. The van der Waals surface area contributed by atoms with Gasteiger partial charge < -0.3 is 15.4 Å². The predicted octanol–water partition coefficient (Wildman–Crippen LogP) is 5.70. The number of anilines is 2. The number of esters is 1. The first-order valence-electron chi connectivity index (χ1n) is 10.1. The first kappa shape index (κ1) is 22.6. The van der Waals surface area contributed by atoms with E-state index in [0.29, 0.717) is 27.9 Å². The van der Waals surface area contributed by atoms with E-state index in [2.05, 4.69) is 15.7 Å². The van der Waals surface area contributed by atoms with Crippen molar-refractivity contribution in [2.75, 3.05) is 17.7 Å². The number of thiocarbonyl (C=S) groups is 1. The minimum Gasteiger partial charge on any atom is -0.465 e. The van der Waals surface area contributed by atoms with Crippen LogP contribution in [0.15, 0.2) is 67.0 Å². The van der Waals surface area contributed by atoms with Gasteiger partial charge in [0.2, 0.25) is 0 Å². The second-order valence-electron chi connectivity index (χ2n) is 7.23. The third kappa shape index (κ3) is 5.27. The molecule has 0 radical (unpaired) electrons. The number of hydrogen-bond donors (Lipinski definition) is 2. The normalized spacial score (nSPS) is 10.6. The molecular formula is C24H21FN4O2S2. The molecule has 0 saturated heterocycles. The molecule has 33 heavy (non-hydrogen) atoms. The number of rotatable bonds is 6. The molecule has 0 aliphatic heterocycles. The lowest BCUT2D eigenvalue weighted by Gasteiger charge is -2.10. The number of carbonyl (C=O) groups is 1. The fourth-order valence-corrected chi connectivity index (χ4v) is 4.79. The molecule has 4 aromatic rings. The molecule has 0 unspecified atom stereocenters. The van der Waals surface area contributed by atoms with Crippen LogP contribution in [-0.2, 0) is 11.3 Å². The Morgan fingerprint density at radius 1 is 1.15 bits per heavy atom. The van der Waals surface area contributed by atoms with Gasteiger partial charge in [-0.05, 0) is 42.4 Å². The zero-order valence-corrected chi connectivity index (χ0v) is 19.6. The van der Waals surface area contributed by atoms with E-state index in [-0.39, 0.29) is 5.82 Å². The van der Waals surface area contributed by atoms with Crippen LogP contribution < -0.4 is 10.6 Å². The van der Waals surface area contributed by atoms with Gasteiger partial charge in [-0.25, -0.2) is 9.18 Å². The molecule has 0 saturated carbocycles. The van der Waals surface area contributed by atoms with Gasteiger partial charge >= 0.3 is 5.97 Å². The summed E-state index contributed by atoms with van der Waals surface area (Å²) in [4.78, 5) is 13.6. The molecule has 2 aromatic carbocycles. The van der Waals surface area contributed by atoms with Gasteiger partial charge in [0.05, 0.1) is 25.5 Å². The van der Waals surface area contributed by atoms with Crippen molar-refractivity contribution in [1.29, 1.82) is 0 Å². The first-order chi connectivity index (χ1) is 15.9. The number of halogens is 1. The summed E-state index contributed by atoms with van der Waals surface area (Å²) in [6.07, 6.45) is 3.45. The third-order valence-electron chi connectivity index (χ3n) is 4.91. The standard InChI is InChI=1S/C24H21FN4O2S2/c1-15-20(17-6-4-3-5-7-17)21(23(30)31-2)22(33-15)28-24(32)27-19-12-26-29(14-19)13-16-8-10-18(25)11-9-16/h3-12,14H,13H2,1-2H3,(H2,27,28,32). The highest BCUT2D eigenvalue weighted by Crippen LogP contribution is 2.40. The molecule has 6 nitrogen and oxygen atoms in total. The Kier molecular flexibility index (Phi) is 6.81. The number of carbonyl (C=O) groups excluding carboxylic acids is 1. The van der Waals surface area contributed by atoms with Gasteiger partial charge in [-0.1, -0.05) is 42.5 Å². The Bertz CT molecular complexity index is 1280. The maximum absolute atomic E-state index is 13.1. The van der Waals surface area contributed by atoms with Crippen molar-refractivity contribution in [3.8, 4) is 11.1 Å². The Morgan fingerprint density at radius 3 is 2.58 bits per heavy atom. The fraction of sp³-hybridized carbons (Fsp3) is 0.125. The average Bonchev–Trinajstić information content (AvgIpc) is 3.38. The topological polar surface area (TPSA) is 68.2 Å². The van der Waals surface area contributed by atoms with E-state index >= 15 is 0 Å². The highest BCUT2D eigenvalue weighted by atomic mass is 32.1. The average molecular weight is 481 g/mol. The summed E-state index contributed by atoms with van der Waals surface area (Å²) in [6.45, 7) is 2.46. The summed E-state index contributed by atoms with van der Waals surface area (Å²) in [5.74, 6) is -0.709. The van der Waals surface area contributed by atoms with Gasteiger partial charge in [-0.2, -0.15) is 5.10 Å². The molecule has 0 aliphatic carbocycles. The van der Waals surface area contributed by atoms with Crippen LogP contribution in [0.2, 0.25) is 0 Å². The number of ether oxygens (including phenoxy) is 1. The molecule has 0 aliphatic rings. The van der Waals surface area contributed by atoms with E-state index in [1.807, 2.05) is 37.3 Å². The van der Waals surface area contributed by atoms with Crippen LogP contribution in [0.5, 0.6) is 0 Å². The molecule has 4 rings (SSSR count). The van der Waals surface area contributed by atoms with Gasteiger partial charge in [0.25, 0.3) is 0 Å². The third-order valence-corrected chi connectivity index (χ3v) is 6.14. The van der Waals surface area contributed by atoms with Crippen molar-refractivity contribution < 1.29 is 13.9 Å². The minimum absolute atomic E-state index is 0.274. The van der Waals surface area contributed by atoms with Gasteiger partial charge in [-0.3, -0.25) is 4.68 Å². The largest absolute Gasteiger partial charge is 0.465 e. The Labute approximate surface area is 200 Å². The summed E-state index contributed by atoms with van der Waals surface area (Å²) >= 11 is 6.91. The molecule has 0 atom stereocenters. The number of methoxy groups -OCH3 is 1. The zero-order chi connectivity index (χ0) is 23.4. The smallest absolute Gasteiger partial charge is 0.341 e. The molecule has 0 bridgehead atoms. The maximum Gasteiger partial charge on any atom is 0.341 e. The first-order valence-corrected chi connectivity index (χ1v) is 11.3. The number of aromatic nitrogens is 2. The number of nitrogens with one attached hydrogen (secondary N) is 2. The molecule has 0 fully saturated rings. The van der Waals surface area contributed by atoms with Crippen molar-refractivity contribution in [2.45, 2.75) is 13.5 Å². The summed E-state index contributed by atoms with van der Waals surface area (Å²) in [5, 5.41) is 11.5. The summed E-state index contributed by atoms with van der Waals surface area (Å²) in [5.41, 5.74) is 3.82. The second kappa shape index (κ2) is 9.93. The monoisotopic (exact) mass is 480 g/mol. The summed E-state index contributed by atoms with van der Waals surface area (Å²) in [6, 6.07) is 16.0. The summed E-state index contributed by atoms with van der Waals surface area (Å²) in [7, 11) is 1.36. The van der Waals surface area contributed by atoms with Crippen molar-refractivity contribution in [3.63, 3.8) is 0 Å². The van der Waals surface area contributed by atoms with E-state index in [4.69, 9.17) is 17.0 Å². The quantitative estimate of drug-likeness (QED) is 0.272. The fourth-order valence-electron chi connectivity index (χ4n) is 3.44. The Morgan fingerprint density at radius 2 is 1.88 bits per heavy atom. The zero-order valence-electron chi connectivity index (χ0n) is 18.0. The van der Waals surface area contributed by atoms with E-state index < -0.39 is 5.97 Å². The van der Waals surface area contributed by atoms with E-state index in [0.717, 1.165) is 21.6 Å². The van der Waals surface area contributed by atoms with Crippen LogP contribution in [0.4, 0.5) is 15.1 Å². The van der Waals surface area contributed by atoms with Crippen molar-refractivity contribution in [2.24, 2.45) is 0 Å². The van der Waals surface area contributed by atoms with E-state index in [9.17, 15) is 9.18 Å². The molecule has 9 heteroatoms. The van der Waals surface area contributed by atoms with Crippen LogP contribution in [0, 0.1) is 12.7 Å². The number of thiophene rings is 1. The number of hydrogen-bond acceptors (Lipinski definition) is 5. The van der Waals surface area contributed by atoms with Gasteiger partial charge in [0.15, 0.2) is 5.11 Å². The highest BCUT2D eigenvalue weighted by molar-refractivity contribution is 7.80. The lowest BCUT2D eigenvalue weighted by Crippen LogP contribution is -2.19. The Balaban J connectivity index is 1.50. The maximum atomic E-state index is 13.1. The molecule has 0 amide bonds. The van der Waals surface area contributed by atoms with Crippen LogP contribution in [0.1, 0.15) is 20.8 Å². The van der Waals surface area contributed by atoms with Gasteiger partial charge in [0.1, 0.15) is 16.4 Å². The molecule has 0 spiro atoms. The van der Waals surface area contributed by atoms with Gasteiger partial charge in [-0.15, -0.1) is 11.3 Å². The van der Waals surface area contributed by atoms with Crippen LogP contribution in [0.3, 0.4) is 0 Å². The molecule has 2 N–H and O–H groups in total. The van der Waals surface area contributed by atoms with Crippen LogP contribution in [0.25, 0.3) is 11.1 Å². The Hall–Kier alpha value is -3.56. The summed E-state index contributed by atoms with van der Waals surface area (Å²) < 4.78 is 19.9. The van der Waals surface area contributed by atoms with Crippen molar-refractivity contribution in [3.05, 3.63) is 88.8 Å². The number of aryl methyl sites for hydroxylation is 1. The lowest BCUT2D eigenvalue weighted by atomic mass is 10.0. The van der Waals surface area contributed by atoms with E-state index in [1.165, 1.54) is 30.6 Å². The number of nitrogens with zero attached hydrogens (tertiary/aromatic N) is 2. The molecular weight excluding hydrogens is 459 g/mol. The van der Waals surface area contributed by atoms with Crippen LogP contribution in [-0.4, -0.2) is 28.0 Å². The van der Waals surface area contributed by atoms with Crippen LogP contribution >= 0.6 is 23.6 Å². The predicted molar refractivity (Wildman–Crippen MR) is 133 cm³/mol. The number of benzene rings is 2. The van der Waals surface area contributed by atoms with Crippen molar-refractivity contribution in [1.82, 2.24) is 9.78 Å².